The number of piperazine rings is 1. The smallest absolute Gasteiger partial charge is 0.273 e. The van der Waals surface area contributed by atoms with Crippen LogP contribution in [0.15, 0.2) is 35.3 Å². The molecular weight excluding hydrogens is 284 g/mol. The van der Waals surface area contributed by atoms with E-state index in [0.29, 0.717) is 5.69 Å². The fraction of sp³-hybridized carbons (Fsp3) is 0.400. The van der Waals surface area contributed by atoms with E-state index in [1.165, 1.54) is 11.3 Å². The first-order chi connectivity index (χ1) is 10.3. The monoisotopic (exact) mass is 302 g/mol. The van der Waals surface area contributed by atoms with E-state index in [-0.39, 0.29) is 11.9 Å². The van der Waals surface area contributed by atoms with Gasteiger partial charge in [0.1, 0.15) is 5.69 Å². The van der Waals surface area contributed by atoms with Crippen LogP contribution in [0.2, 0.25) is 0 Å². The topological polar surface area (TPSA) is 49.3 Å². The summed E-state index contributed by atoms with van der Waals surface area (Å²) in [4.78, 5) is 25.0. The van der Waals surface area contributed by atoms with E-state index in [4.69, 9.17) is 0 Å². The molecule has 6 heteroatoms. The molecule has 3 heterocycles. The molecule has 1 unspecified atom stereocenters. The third-order valence-corrected chi connectivity index (χ3v) is 4.50. The van der Waals surface area contributed by atoms with Crippen molar-refractivity contribution >= 4 is 17.2 Å². The average Bonchev–Trinajstić information content (AvgIpc) is 3.09. The lowest BCUT2D eigenvalue weighted by molar-refractivity contribution is 0.0574. The lowest BCUT2D eigenvalue weighted by Gasteiger charge is -2.37. The second kappa shape index (κ2) is 6.32. The number of carbonyl (C=O) groups excluding carboxylic acids is 1. The number of aromatic nitrogens is 2. The van der Waals surface area contributed by atoms with Gasteiger partial charge in [-0.3, -0.25) is 14.7 Å². The number of amides is 1. The van der Waals surface area contributed by atoms with Crippen molar-refractivity contribution in [3.8, 4) is 0 Å². The largest absolute Gasteiger partial charge is 0.335 e. The first-order valence-corrected chi connectivity index (χ1v) is 8.02. The fourth-order valence-corrected chi connectivity index (χ4v) is 3.13. The molecule has 0 spiro atoms. The maximum absolute atomic E-state index is 12.2. The Hall–Kier alpha value is -1.79. The predicted octanol–water partition coefficient (Wildman–Crippen LogP) is 2.06. The Labute approximate surface area is 128 Å². The van der Waals surface area contributed by atoms with Crippen LogP contribution in [0.25, 0.3) is 0 Å². The van der Waals surface area contributed by atoms with Gasteiger partial charge in [-0.2, -0.15) is 0 Å². The molecule has 0 aliphatic carbocycles. The quantitative estimate of drug-likeness (QED) is 0.871. The standard InChI is InChI=1S/C15H18N4OS/c1-12(13-4-2-3-5-16-13)18-6-8-19(9-7-18)15(20)14-10-21-11-17-14/h2-5,10-12H,6-9H2,1H3. The van der Waals surface area contributed by atoms with Crippen LogP contribution in [-0.4, -0.2) is 51.9 Å². The minimum Gasteiger partial charge on any atom is -0.335 e. The van der Waals surface area contributed by atoms with Gasteiger partial charge in [0.25, 0.3) is 5.91 Å². The fourth-order valence-electron chi connectivity index (χ4n) is 2.60. The van der Waals surface area contributed by atoms with E-state index in [2.05, 4.69) is 27.9 Å². The molecule has 0 saturated carbocycles. The van der Waals surface area contributed by atoms with Gasteiger partial charge in [0, 0.05) is 43.8 Å². The number of hydrogen-bond donors (Lipinski definition) is 0. The van der Waals surface area contributed by atoms with Gasteiger partial charge < -0.3 is 4.90 Å². The predicted molar refractivity (Wildman–Crippen MR) is 82.2 cm³/mol. The maximum atomic E-state index is 12.2. The third kappa shape index (κ3) is 3.11. The molecule has 2 aromatic rings. The lowest BCUT2D eigenvalue weighted by Crippen LogP contribution is -2.49. The molecule has 21 heavy (non-hydrogen) atoms. The number of thiazole rings is 1. The first-order valence-electron chi connectivity index (χ1n) is 7.08. The van der Waals surface area contributed by atoms with Crippen LogP contribution >= 0.6 is 11.3 Å². The summed E-state index contributed by atoms with van der Waals surface area (Å²) >= 11 is 1.46. The zero-order chi connectivity index (χ0) is 14.7. The van der Waals surface area contributed by atoms with Gasteiger partial charge in [-0.1, -0.05) is 6.07 Å². The molecule has 110 valence electrons. The first kappa shape index (κ1) is 14.2. The Morgan fingerprint density at radius 3 is 2.67 bits per heavy atom. The zero-order valence-electron chi connectivity index (χ0n) is 12.0. The highest BCUT2D eigenvalue weighted by molar-refractivity contribution is 7.07. The van der Waals surface area contributed by atoms with Crippen LogP contribution < -0.4 is 0 Å². The van der Waals surface area contributed by atoms with E-state index < -0.39 is 0 Å². The second-order valence-electron chi connectivity index (χ2n) is 5.13. The minimum absolute atomic E-state index is 0.0430. The van der Waals surface area contributed by atoms with Crippen molar-refractivity contribution in [1.29, 1.82) is 0 Å². The molecule has 0 aromatic carbocycles. The molecule has 3 rings (SSSR count). The van der Waals surface area contributed by atoms with E-state index in [1.807, 2.05) is 28.6 Å². The Balaban J connectivity index is 1.59. The molecule has 1 saturated heterocycles. The van der Waals surface area contributed by atoms with Crippen molar-refractivity contribution < 1.29 is 4.79 Å². The summed E-state index contributed by atoms with van der Waals surface area (Å²) in [6.07, 6.45) is 1.83. The highest BCUT2D eigenvalue weighted by atomic mass is 32.1. The van der Waals surface area contributed by atoms with Crippen molar-refractivity contribution in [2.45, 2.75) is 13.0 Å². The van der Waals surface area contributed by atoms with Gasteiger partial charge in [0.2, 0.25) is 0 Å². The summed E-state index contributed by atoms with van der Waals surface area (Å²) < 4.78 is 0. The van der Waals surface area contributed by atoms with Crippen LogP contribution in [0, 0.1) is 0 Å². The molecule has 1 aliphatic rings. The molecule has 2 aromatic heterocycles. The summed E-state index contributed by atoms with van der Waals surface area (Å²) in [5.41, 5.74) is 3.34. The SMILES string of the molecule is CC(c1ccccn1)N1CCN(C(=O)c2cscn2)CC1. The molecule has 1 aliphatic heterocycles. The summed E-state index contributed by atoms with van der Waals surface area (Å²) in [6.45, 7) is 5.39. The van der Waals surface area contributed by atoms with Crippen molar-refractivity contribution in [1.82, 2.24) is 19.8 Å². The van der Waals surface area contributed by atoms with Crippen LogP contribution in [0.5, 0.6) is 0 Å². The average molecular weight is 302 g/mol. The summed E-state index contributed by atoms with van der Waals surface area (Å²) in [5.74, 6) is 0.0430. The van der Waals surface area contributed by atoms with Crippen LogP contribution in [0.4, 0.5) is 0 Å². The number of rotatable bonds is 3. The molecule has 0 radical (unpaired) electrons. The number of carbonyl (C=O) groups is 1. The molecule has 0 N–H and O–H groups in total. The van der Waals surface area contributed by atoms with Gasteiger partial charge in [0.15, 0.2) is 0 Å². The van der Waals surface area contributed by atoms with Crippen molar-refractivity contribution in [2.75, 3.05) is 26.2 Å². The van der Waals surface area contributed by atoms with E-state index in [1.54, 1.807) is 5.51 Å². The Morgan fingerprint density at radius 2 is 2.05 bits per heavy atom. The van der Waals surface area contributed by atoms with Crippen LogP contribution in [-0.2, 0) is 0 Å². The minimum atomic E-state index is 0.0430. The number of pyridine rings is 1. The maximum Gasteiger partial charge on any atom is 0.273 e. The molecular formula is C15H18N4OS. The van der Waals surface area contributed by atoms with Gasteiger partial charge >= 0.3 is 0 Å². The lowest BCUT2D eigenvalue weighted by atomic mass is 10.1. The Bertz CT molecular complexity index is 579. The second-order valence-corrected chi connectivity index (χ2v) is 5.85. The third-order valence-electron chi connectivity index (χ3n) is 3.92. The summed E-state index contributed by atoms with van der Waals surface area (Å²) in [6, 6.07) is 6.28. The van der Waals surface area contributed by atoms with Gasteiger partial charge in [-0.05, 0) is 19.1 Å². The zero-order valence-corrected chi connectivity index (χ0v) is 12.8. The van der Waals surface area contributed by atoms with Gasteiger partial charge in [-0.25, -0.2) is 4.98 Å². The van der Waals surface area contributed by atoms with Gasteiger partial charge in [-0.15, -0.1) is 11.3 Å². The summed E-state index contributed by atoms with van der Waals surface area (Å²) in [5, 5.41) is 1.81. The molecule has 1 amide bonds. The van der Waals surface area contributed by atoms with E-state index in [9.17, 15) is 4.79 Å². The van der Waals surface area contributed by atoms with E-state index in [0.717, 1.165) is 31.9 Å². The van der Waals surface area contributed by atoms with Crippen molar-refractivity contribution in [3.63, 3.8) is 0 Å². The Morgan fingerprint density at radius 1 is 1.24 bits per heavy atom. The van der Waals surface area contributed by atoms with Crippen LogP contribution in [0.1, 0.15) is 29.1 Å². The molecule has 1 fully saturated rings. The highest BCUT2D eigenvalue weighted by Gasteiger charge is 2.26. The molecule has 1 atom stereocenters. The molecule has 5 nitrogen and oxygen atoms in total. The van der Waals surface area contributed by atoms with Crippen molar-refractivity contribution in [2.24, 2.45) is 0 Å². The van der Waals surface area contributed by atoms with E-state index >= 15 is 0 Å². The van der Waals surface area contributed by atoms with Crippen molar-refractivity contribution in [3.05, 3.63) is 46.7 Å². The normalized spacial score (nSPS) is 17.7. The number of hydrogen-bond acceptors (Lipinski definition) is 5. The Kier molecular flexibility index (Phi) is 4.26. The van der Waals surface area contributed by atoms with Crippen LogP contribution in [0.3, 0.4) is 0 Å². The highest BCUT2D eigenvalue weighted by Crippen LogP contribution is 2.20. The number of nitrogens with zero attached hydrogens (tertiary/aromatic N) is 4. The summed E-state index contributed by atoms with van der Waals surface area (Å²) in [7, 11) is 0. The van der Waals surface area contributed by atoms with Gasteiger partial charge in [0.05, 0.1) is 11.2 Å². The molecule has 0 bridgehead atoms.